The number of carbonyl (C=O) groups excluding carboxylic acids is 2. The Morgan fingerprint density at radius 2 is 0.405 bits per heavy atom. The highest BCUT2D eigenvalue weighted by atomic mass is 31.2. The Kier molecular flexibility index (Phi) is 8.02. The van der Waals surface area contributed by atoms with Crippen molar-refractivity contribution in [2.45, 2.75) is 0 Å². The molecule has 0 heterocycles. The molecule has 2 nitrogen and oxygen atoms in total. The minimum Gasteiger partial charge on any atom is -0.238 e. The van der Waals surface area contributed by atoms with Crippen LogP contribution in [-0.2, 0) is 9.59 Å². The molecule has 0 spiro atoms. The van der Waals surface area contributed by atoms with Gasteiger partial charge in [-0.1, -0.05) is 109 Å². The lowest BCUT2D eigenvalue weighted by molar-refractivity contribution is -0.126. The summed E-state index contributed by atoms with van der Waals surface area (Å²) in [7, 11) is -6.24. The van der Waals surface area contributed by atoms with Gasteiger partial charge in [0, 0.05) is 0 Å². The number of hydrogen-bond acceptors (Lipinski definition) is 2. The lowest BCUT2D eigenvalue weighted by Gasteiger charge is -2.28. The third kappa shape index (κ3) is 4.64. The van der Waals surface area contributed by atoms with Gasteiger partial charge in [-0.05, 0) is 72.8 Å². The molecule has 42 heavy (non-hydrogen) atoms. The van der Waals surface area contributed by atoms with Gasteiger partial charge in [0.1, 0.15) is 31.8 Å². The van der Waals surface area contributed by atoms with E-state index < -0.39 is 14.5 Å². The van der Waals surface area contributed by atoms with Crippen LogP contribution in [0.15, 0.2) is 182 Å². The van der Waals surface area contributed by atoms with E-state index in [4.69, 9.17) is 0 Å². The predicted octanol–water partition coefficient (Wildman–Crippen LogP) is 6.03. The summed E-state index contributed by atoms with van der Waals surface area (Å²) >= 11 is 0. The Balaban J connectivity index is 1.72. The molecule has 202 valence electrons. The fraction of sp³-hybridized carbons (Fsp3) is 0. The monoisotopic (exact) mass is 580 g/mol. The number of benzene rings is 6. The van der Waals surface area contributed by atoms with Crippen LogP contribution in [0.2, 0.25) is 0 Å². The van der Waals surface area contributed by atoms with Crippen molar-refractivity contribution in [2.75, 3.05) is 0 Å². The van der Waals surface area contributed by atoms with Crippen LogP contribution in [0.25, 0.3) is 0 Å². The van der Waals surface area contributed by atoms with E-state index >= 15 is 9.59 Å². The van der Waals surface area contributed by atoms with Crippen LogP contribution in [-0.4, -0.2) is 11.0 Å². The maximum atomic E-state index is 15.7. The molecule has 0 unspecified atom stereocenters. The highest BCUT2D eigenvalue weighted by Gasteiger charge is 2.66. The first kappa shape index (κ1) is 27.7. The molecule has 0 aliphatic heterocycles. The van der Waals surface area contributed by atoms with Gasteiger partial charge in [-0.15, -0.1) is 0 Å². The number of rotatable bonds is 9. The Morgan fingerprint density at radius 3 is 0.548 bits per heavy atom. The Bertz CT molecular complexity index is 1450. The Hall–Kier alpha value is -4.48. The van der Waals surface area contributed by atoms with Crippen molar-refractivity contribution in [1.29, 1.82) is 0 Å². The standard InChI is InChI=1S/C38H30O2P2/c39-37(41(31-19-7-1-8-20-31,32-21-9-2-10-22-32)33-23-11-3-12-24-33)38(40)42(34-25-13-4-14-26-34,35-27-15-5-16-28-35)36-29-17-6-18-30-36/h1-30H/q+2. The van der Waals surface area contributed by atoms with Crippen molar-refractivity contribution < 1.29 is 9.59 Å². The Labute approximate surface area is 248 Å². The maximum Gasteiger partial charge on any atom is 0.389 e. The van der Waals surface area contributed by atoms with Crippen LogP contribution >= 0.6 is 14.5 Å². The van der Waals surface area contributed by atoms with E-state index in [-0.39, 0.29) is 11.0 Å². The average molecular weight is 581 g/mol. The predicted molar refractivity (Wildman–Crippen MR) is 180 cm³/mol. The Morgan fingerprint density at radius 1 is 0.262 bits per heavy atom. The number of hydrogen-bond donors (Lipinski definition) is 0. The van der Waals surface area contributed by atoms with Gasteiger partial charge in [0.15, 0.2) is 14.5 Å². The van der Waals surface area contributed by atoms with E-state index in [9.17, 15) is 0 Å². The molecular weight excluding hydrogens is 550 g/mol. The quantitative estimate of drug-likeness (QED) is 0.155. The minimum absolute atomic E-state index is 0.337. The van der Waals surface area contributed by atoms with E-state index in [1.807, 2.05) is 182 Å². The molecule has 0 N–H and O–H groups in total. The fourth-order valence-corrected chi connectivity index (χ4v) is 14.2. The minimum atomic E-state index is -3.12. The molecule has 0 saturated heterocycles. The summed E-state index contributed by atoms with van der Waals surface area (Å²) in [6.45, 7) is 0. The lowest BCUT2D eigenvalue weighted by atomic mass is 10.3. The van der Waals surface area contributed by atoms with Crippen LogP contribution in [0.5, 0.6) is 0 Å². The van der Waals surface area contributed by atoms with Crippen LogP contribution in [0.4, 0.5) is 0 Å². The third-order valence-electron chi connectivity index (χ3n) is 7.65. The maximum absolute atomic E-state index is 15.7. The highest BCUT2D eigenvalue weighted by molar-refractivity contribution is 8.18. The summed E-state index contributed by atoms with van der Waals surface area (Å²) in [4.78, 5) is 31.3. The molecular formula is C38H30O2P2+2. The van der Waals surface area contributed by atoms with Gasteiger partial charge in [-0.2, -0.15) is 0 Å². The highest BCUT2D eigenvalue weighted by Crippen LogP contribution is 2.64. The van der Waals surface area contributed by atoms with Crippen molar-refractivity contribution in [1.82, 2.24) is 0 Å². The second-order valence-corrected chi connectivity index (χ2v) is 16.6. The summed E-state index contributed by atoms with van der Waals surface area (Å²) in [5, 5.41) is 5.21. The summed E-state index contributed by atoms with van der Waals surface area (Å²) in [6, 6.07) is 59.3. The van der Waals surface area contributed by atoms with Crippen LogP contribution in [0.1, 0.15) is 0 Å². The molecule has 0 atom stereocenters. The van der Waals surface area contributed by atoms with Crippen LogP contribution in [0, 0.1) is 0 Å². The molecule has 0 bridgehead atoms. The SMILES string of the molecule is O=C(C(=O)[P+](c1ccccc1)(c1ccccc1)c1ccccc1)[P+](c1ccccc1)(c1ccccc1)c1ccccc1. The molecule has 0 aliphatic rings. The summed E-state index contributed by atoms with van der Waals surface area (Å²) in [5.41, 5.74) is -0.674. The number of carbonyl (C=O) groups is 2. The smallest absolute Gasteiger partial charge is 0.238 e. The van der Waals surface area contributed by atoms with Gasteiger partial charge >= 0.3 is 11.0 Å². The molecule has 0 fully saturated rings. The molecule has 6 aromatic rings. The first-order chi connectivity index (χ1) is 20.7. The van der Waals surface area contributed by atoms with Gasteiger partial charge in [0.2, 0.25) is 0 Å². The van der Waals surface area contributed by atoms with Gasteiger partial charge in [-0.3, -0.25) is 0 Å². The fourth-order valence-electron chi connectivity index (χ4n) is 5.79. The molecule has 0 saturated carbocycles. The first-order valence-electron chi connectivity index (χ1n) is 13.9. The second-order valence-electron chi connectivity index (χ2n) is 9.97. The van der Waals surface area contributed by atoms with Crippen LogP contribution < -0.4 is 31.8 Å². The van der Waals surface area contributed by atoms with Crippen molar-refractivity contribution >= 4 is 57.4 Å². The topological polar surface area (TPSA) is 34.1 Å². The molecule has 6 aromatic carbocycles. The van der Waals surface area contributed by atoms with Gasteiger partial charge in [0.05, 0.1) is 0 Å². The second kappa shape index (κ2) is 12.2. The van der Waals surface area contributed by atoms with Crippen molar-refractivity contribution in [3.63, 3.8) is 0 Å². The van der Waals surface area contributed by atoms with E-state index in [2.05, 4.69) is 0 Å². The van der Waals surface area contributed by atoms with E-state index in [0.29, 0.717) is 0 Å². The summed E-state index contributed by atoms with van der Waals surface area (Å²) in [5.74, 6) is 0. The van der Waals surface area contributed by atoms with E-state index in [1.54, 1.807) is 0 Å². The van der Waals surface area contributed by atoms with Crippen molar-refractivity contribution in [2.24, 2.45) is 0 Å². The largest absolute Gasteiger partial charge is 0.389 e. The molecule has 0 amide bonds. The zero-order chi connectivity index (χ0) is 28.8. The molecule has 0 aromatic heterocycles. The third-order valence-corrected chi connectivity index (χ3v) is 15.9. The summed E-state index contributed by atoms with van der Waals surface area (Å²) in [6.07, 6.45) is 0. The summed E-state index contributed by atoms with van der Waals surface area (Å²) < 4.78 is 0. The first-order valence-corrected chi connectivity index (χ1v) is 17.5. The molecule has 0 radical (unpaired) electrons. The average Bonchev–Trinajstić information content (AvgIpc) is 3.08. The lowest BCUT2D eigenvalue weighted by Crippen LogP contribution is -2.45. The van der Waals surface area contributed by atoms with Crippen LogP contribution in [0.3, 0.4) is 0 Å². The molecule has 6 rings (SSSR count). The zero-order valence-electron chi connectivity index (χ0n) is 23.0. The molecule has 0 aliphatic carbocycles. The van der Waals surface area contributed by atoms with Crippen molar-refractivity contribution in [3.8, 4) is 0 Å². The van der Waals surface area contributed by atoms with E-state index in [0.717, 1.165) is 31.8 Å². The molecule has 4 heteroatoms. The van der Waals surface area contributed by atoms with Crippen molar-refractivity contribution in [3.05, 3.63) is 182 Å². The van der Waals surface area contributed by atoms with Gasteiger partial charge < -0.3 is 0 Å². The zero-order valence-corrected chi connectivity index (χ0v) is 24.8. The van der Waals surface area contributed by atoms with Gasteiger partial charge in [0.25, 0.3) is 0 Å². The van der Waals surface area contributed by atoms with E-state index in [1.165, 1.54) is 0 Å². The van der Waals surface area contributed by atoms with Gasteiger partial charge in [-0.25, -0.2) is 9.59 Å². The normalized spacial score (nSPS) is 11.5.